The number of nitrogens with two attached hydrogens (primary N) is 6. The van der Waals surface area contributed by atoms with Crippen molar-refractivity contribution in [1.82, 2.24) is 0 Å². The Kier molecular flexibility index (Phi) is 3.10. The number of rotatable bonds is 1. The quantitative estimate of drug-likeness (QED) is 0.389. The lowest BCUT2D eigenvalue weighted by Gasteiger charge is -2.30. The highest BCUT2D eigenvalue weighted by Crippen LogP contribution is 2.52. The summed E-state index contributed by atoms with van der Waals surface area (Å²) in [6.45, 7) is 1.95. The Morgan fingerprint density at radius 3 is 1.74 bits per heavy atom. The first-order valence-corrected chi connectivity index (χ1v) is 7.44. The van der Waals surface area contributed by atoms with Crippen molar-refractivity contribution in [3.05, 3.63) is 16.7 Å². The van der Waals surface area contributed by atoms with Crippen LogP contribution in [0, 0.1) is 6.92 Å². The molecule has 1 aliphatic rings. The summed E-state index contributed by atoms with van der Waals surface area (Å²) in [4.78, 5) is 0. The predicted octanol–water partition coefficient (Wildman–Crippen LogP) is 1.30. The maximum absolute atomic E-state index is 6.33. The van der Waals surface area contributed by atoms with Crippen molar-refractivity contribution in [3.8, 4) is 11.1 Å². The van der Waals surface area contributed by atoms with E-state index < -0.39 is 0 Å². The highest BCUT2D eigenvalue weighted by Gasteiger charge is 2.29. The third kappa shape index (κ3) is 1.76. The molecule has 3 rings (SSSR count). The van der Waals surface area contributed by atoms with E-state index in [-0.39, 0.29) is 0 Å². The minimum absolute atomic E-state index is 0.290. The number of fused-ring (bicyclic) bond motifs is 3. The Bertz CT molecular complexity index is 840. The molecule has 122 valence electrons. The molecule has 7 heteroatoms. The Morgan fingerprint density at radius 1 is 0.652 bits per heavy atom. The van der Waals surface area contributed by atoms with Crippen LogP contribution in [0.15, 0.2) is 0 Å². The lowest BCUT2D eigenvalue weighted by Crippen LogP contribution is -2.17. The molecule has 0 amide bonds. The first kappa shape index (κ1) is 15.0. The first-order chi connectivity index (χ1) is 10.8. The molecule has 0 radical (unpaired) electrons. The second kappa shape index (κ2) is 4.77. The topological polar surface area (TPSA) is 168 Å². The molecule has 1 aliphatic carbocycles. The Balaban J connectivity index is 2.50. The maximum atomic E-state index is 6.33. The summed E-state index contributed by atoms with van der Waals surface area (Å²) in [7, 11) is 1.86. The van der Waals surface area contributed by atoms with Crippen LogP contribution in [0.25, 0.3) is 11.1 Å². The van der Waals surface area contributed by atoms with Gasteiger partial charge in [-0.3, -0.25) is 0 Å². The fraction of sp³-hybridized carbons (Fsp3) is 0.250. The molecular formula is C16H23N7. The second-order valence-electron chi connectivity index (χ2n) is 5.94. The molecular weight excluding hydrogens is 290 g/mol. The average molecular weight is 313 g/mol. The summed E-state index contributed by atoms with van der Waals surface area (Å²) in [5.41, 5.74) is 45.0. The number of anilines is 7. The zero-order chi connectivity index (χ0) is 17.0. The van der Waals surface area contributed by atoms with Crippen LogP contribution in [-0.2, 0) is 12.8 Å². The summed E-state index contributed by atoms with van der Waals surface area (Å²) in [5, 5.41) is 3.22. The first-order valence-electron chi connectivity index (χ1n) is 7.44. The van der Waals surface area contributed by atoms with Crippen molar-refractivity contribution in [1.29, 1.82) is 0 Å². The summed E-state index contributed by atoms with van der Waals surface area (Å²) in [6.07, 6.45) is 1.50. The van der Waals surface area contributed by atoms with Gasteiger partial charge in [0.2, 0.25) is 0 Å². The van der Waals surface area contributed by atoms with E-state index in [9.17, 15) is 0 Å². The molecule has 0 fully saturated rings. The molecule has 2 aromatic carbocycles. The number of nitrogens with one attached hydrogen (secondary N) is 1. The zero-order valence-corrected chi connectivity index (χ0v) is 13.4. The van der Waals surface area contributed by atoms with Crippen LogP contribution < -0.4 is 39.7 Å². The molecule has 0 spiro atoms. The van der Waals surface area contributed by atoms with Gasteiger partial charge in [0.05, 0.1) is 34.1 Å². The van der Waals surface area contributed by atoms with Gasteiger partial charge < -0.3 is 39.7 Å². The van der Waals surface area contributed by atoms with Crippen molar-refractivity contribution in [2.75, 3.05) is 46.8 Å². The molecule has 0 atom stereocenters. The molecule has 0 aliphatic heterocycles. The van der Waals surface area contributed by atoms with Crippen LogP contribution in [0.3, 0.4) is 0 Å². The maximum Gasteiger partial charge on any atom is 0.0809 e. The lowest BCUT2D eigenvalue weighted by atomic mass is 9.79. The van der Waals surface area contributed by atoms with E-state index in [1.165, 1.54) is 0 Å². The van der Waals surface area contributed by atoms with Gasteiger partial charge in [-0.15, -0.1) is 0 Å². The largest absolute Gasteiger partial charge is 0.397 e. The number of hydrogen-bond donors (Lipinski definition) is 7. The highest BCUT2D eigenvalue weighted by atomic mass is 14.9. The van der Waals surface area contributed by atoms with E-state index in [1.54, 1.807) is 0 Å². The van der Waals surface area contributed by atoms with Gasteiger partial charge in [-0.25, -0.2) is 0 Å². The van der Waals surface area contributed by atoms with E-state index >= 15 is 0 Å². The predicted molar refractivity (Wildman–Crippen MR) is 100 cm³/mol. The van der Waals surface area contributed by atoms with Gasteiger partial charge in [0, 0.05) is 23.9 Å². The van der Waals surface area contributed by atoms with Gasteiger partial charge in [0.25, 0.3) is 0 Å². The molecule has 0 saturated heterocycles. The summed E-state index contributed by atoms with van der Waals surface area (Å²) >= 11 is 0. The van der Waals surface area contributed by atoms with Crippen LogP contribution in [0.5, 0.6) is 0 Å². The van der Waals surface area contributed by atoms with Crippen LogP contribution in [0.4, 0.5) is 39.8 Å². The third-order valence-electron chi connectivity index (χ3n) is 4.83. The van der Waals surface area contributed by atoms with Crippen LogP contribution >= 0.6 is 0 Å². The third-order valence-corrected chi connectivity index (χ3v) is 4.83. The van der Waals surface area contributed by atoms with E-state index in [1.807, 2.05) is 14.0 Å². The molecule has 0 aromatic heterocycles. The Morgan fingerprint density at radius 2 is 1.13 bits per heavy atom. The molecule has 2 aromatic rings. The number of benzene rings is 2. The summed E-state index contributed by atoms with van der Waals surface area (Å²) in [6, 6.07) is 0. The zero-order valence-electron chi connectivity index (χ0n) is 13.4. The standard InChI is InChI=1S/C16H23N7/c1-5-10(17)12(19)9-7(16(5)23-2)4-3-6-8(9)13(20)15(22)14(21)11(6)18/h23H,3-4,17-22H2,1-2H3. The van der Waals surface area contributed by atoms with Gasteiger partial charge in [0.15, 0.2) is 0 Å². The molecule has 0 saturated carbocycles. The fourth-order valence-corrected chi connectivity index (χ4v) is 3.54. The smallest absolute Gasteiger partial charge is 0.0809 e. The van der Waals surface area contributed by atoms with Crippen LogP contribution in [0.2, 0.25) is 0 Å². The fourth-order valence-electron chi connectivity index (χ4n) is 3.54. The van der Waals surface area contributed by atoms with Gasteiger partial charge in [-0.05, 0) is 36.5 Å². The molecule has 7 nitrogen and oxygen atoms in total. The normalized spacial score (nSPS) is 12.6. The van der Waals surface area contributed by atoms with E-state index in [2.05, 4.69) is 5.32 Å². The number of nitrogen functional groups attached to an aromatic ring is 6. The number of hydrogen-bond acceptors (Lipinski definition) is 7. The van der Waals surface area contributed by atoms with Crippen molar-refractivity contribution >= 4 is 39.8 Å². The molecule has 13 N–H and O–H groups in total. The molecule has 0 unspecified atom stereocenters. The van der Waals surface area contributed by atoms with Gasteiger partial charge in [0.1, 0.15) is 0 Å². The second-order valence-corrected chi connectivity index (χ2v) is 5.94. The van der Waals surface area contributed by atoms with E-state index in [0.717, 1.165) is 46.3 Å². The van der Waals surface area contributed by atoms with Gasteiger partial charge in [-0.1, -0.05) is 0 Å². The highest BCUT2D eigenvalue weighted by molar-refractivity contribution is 6.06. The van der Waals surface area contributed by atoms with Crippen LogP contribution in [-0.4, -0.2) is 7.05 Å². The van der Waals surface area contributed by atoms with E-state index in [0.29, 0.717) is 34.1 Å². The summed E-state index contributed by atoms with van der Waals surface area (Å²) in [5.74, 6) is 0. The van der Waals surface area contributed by atoms with E-state index in [4.69, 9.17) is 34.4 Å². The monoisotopic (exact) mass is 313 g/mol. The molecule has 0 bridgehead atoms. The van der Waals surface area contributed by atoms with Crippen molar-refractivity contribution in [3.63, 3.8) is 0 Å². The molecule has 0 heterocycles. The Labute approximate surface area is 135 Å². The minimum atomic E-state index is 0.290. The Hall–Kier alpha value is -2.96. The minimum Gasteiger partial charge on any atom is -0.397 e. The van der Waals surface area contributed by atoms with Crippen molar-refractivity contribution < 1.29 is 0 Å². The average Bonchev–Trinajstić information content (AvgIpc) is 2.55. The van der Waals surface area contributed by atoms with Crippen LogP contribution in [0.1, 0.15) is 16.7 Å². The summed E-state index contributed by atoms with van der Waals surface area (Å²) < 4.78 is 0. The lowest BCUT2D eigenvalue weighted by molar-refractivity contribution is 0.946. The van der Waals surface area contributed by atoms with Gasteiger partial charge >= 0.3 is 0 Å². The molecule has 23 heavy (non-hydrogen) atoms. The SMILES string of the molecule is CNc1c(C)c(N)c(N)c2c1CCc1c(N)c(N)c(N)c(N)c1-2. The van der Waals surface area contributed by atoms with Gasteiger partial charge in [-0.2, -0.15) is 0 Å². The van der Waals surface area contributed by atoms with Crippen molar-refractivity contribution in [2.45, 2.75) is 19.8 Å². The van der Waals surface area contributed by atoms with Crippen molar-refractivity contribution in [2.24, 2.45) is 0 Å².